The molecular formula is C29H38N2O3. The molecule has 5 rings (SSSR count). The smallest absolute Gasteiger partial charge is 0.194 e. The maximum atomic E-state index is 13.0. The van der Waals surface area contributed by atoms with Crippen molar-refractivity contribution in [2.45, 2.75) is 51.4 Å². The van der Waals surface area contributed by atoms with E-state index in [1.54, 1.807) is 0 Å². The van der Waals surface area contributed by atoms with Gasteiger partial charge in [-0.2, -0.15) is 0 Å². The Hall–Kier alpha value is -2.37. The molecule has 0 amide bonds. The Bertz CT molecular complexity index is 977. The number of piperidine rings is 2. The summed E-state index contributed by atoms with van der Waals surface area (Å²) in [7, 11) is 0. The van der Waals surface area contributed by atoms with E-state index < -0.39 is 0 Å². The zero-order valence-electron chi connectivity index (χ0n) is 20.4. The van der Waals surface area contributed by atoms with Gasteiger partial charge >= 0.3 is 0 Å². The molecule has 2 aliphatic heterocycles. The molecule has 0 unspecified atom stereocenters. The molecule has 5 heteroatoms. The second kappa shape index (κ2) is 11.4. The Morgan fingerprint density at radius 2 is 1.32 bits per heavy atom. The fourth-order valence-electron chi connectivity index (χ4n) is 5.60. The van der Waals surface area contributed by atoms with Crippen molar-refractivity contribution in [3.8, 4) is 22.6 Å². The Balaban J connectivity index is 1.20. The lowest BCUT2D eigenvalue weighted by molar-refractivity contribution is 0.104. The first-order chi connectivity index (χ1) is 16.8. The topological polar surface area (TPSA) is 42.0 Å². The molecule has 0 bridgehead atoms. The van der Waals surface area contributed by atoms with E-state index in [4.69, 9.17) is 9.47 Å². The quantitative estimate of drug-likeness (QED) is 0.377. The van der Waals surface area contributed by atoms with E-state index in [0.717, 1.165) is 59.7 Å². The van der Waals surface area contributed by atoms with E-state index in [-0.39, 0.29) is 5.78 Å². The molecule has 0 radical (unpaired) electrons. The molecule has 2 saturated heterocycles. The van der Waals surface area contributed by atoms with E-state index in [0.29, 0.717) is 13.2 Å². The van der Waals surface area contributed by atoms with Gasteiger partial charge in [0.1, 0.15) is 11.5 Å². The molecule has 2 aromatic carbocycles. The summed E-state index contributed by atoms with van der Waals surface area (Å²) in [5.41, 5.74) is 3.37. The van der Waals surface area contributed by atoms with Crippen LogP contribution in [0.4, 0.5) is 0 Å². The summed E-state index contributed by atoms with van der Waals surface area (Å²) >= 11 is 0. The van der Waals surface area contributed by atoms with Crippen LogP contribution in [0, 0.1) is 0 Å². The number of carbonyl (C=O) groups is 1. The van der Waals surface area contributed by atoms with Crippen molar-refractivity contribution >= 4 is 5.78 Å². The van der Waals surface area contributed by atoms with Crippen molar-refractivity contribution in [3.05, 3.63) is 47.5 Å². The highest BCUT2D eigenvalue weighted by Gasteiger charge is 2.30. The fourth-order valence-corrected chi connectivity index (χ4v) is 5.60. The van der Waals surface area contributed by atoms with Crippen molar-refractivity contribution in [2.75, 3.05) is 52.5 Å². The maximum absolute atomic E-state index is 13.0. The molecule has 182 valence electrons. The standard InChI is InChI=1S/C29H38N2O3/c32-29-24-13-12-23(33-20-8-18-30-14-3-1-4-15-30)22-26(24)28-25(29)10-7-11-27(28)34-21-9-19-31-16-5-2-6-17-31/h7,10-13,22H,1-6,8-9,14-21H2. The molecule has 2 aromatic rings. The van der Waals surface area contributed by atoms with Gasteiger partial charge in [0, 0.05) is 35.3 Å². The zero-order valence-corrected chi connectivity index (χ0v) is 20.4. The number of hydrogen-bond acceptors (Lipinski definition) is 5. The van der Waals surface area contributed by atoms with Gasteiger partial charge in [0.05, 0.1) is 13.2 Å². The number of hydrogen-bond donors (Lipinski definition) is 0. The Kier molecular flexibility index (Phi) is 7.82. The summed E-state index contributed by atoms with van der Waals surface area (Å²) < 4.78 is 12.3. The third-order valence-electron chi connectivity index (χ3n) is 7.44. The molecule has 2 heterocycles. The van der Waals surface area contributed by atoms with Crippen molar-refractivity contribution in [1.82, 2.24) is 9.80 Å². The highest BCUT2D eigenvalue weighted by Crippen LogP contribution is 2.44. The van der Waals surface area contributed by atoms with E-state index in [9.17, 15) is 4.79 Å². The van der Waals surface area contributed by atoms with Crippen molar-refractivity contribution in [3.63, 3.8) is 0 Å². The van der Waals surface area contributed by atoms with Crippen molar-refractivity contribution in [2.24, 2.45) is 0 Å². The predicted molar refractivity (Wildman–Crippen MR) is 136 cm³/mol. The van der Waals surface area contributed by atoms with Gasteiger partial charge in [0.25, 0.3) is 0 Å². The van der Waals surface area contributed by atoms with Gasteiger partial charge in [-0.05, 0) is 89.0 Å². The molecule has 0 saturated carbocycles. The summed E-state index contributed by atoms with van der Waals surface area (Å²) in [5, 5.41) is 0. The van der Waals surface area contributed by atoms with Gasteiger partial charge in [-0.1, -0.05) is 25.0 Å². The number of ether oxygens (including phenoxy) is 2. The first-order valence-corrected chi connectivity index (χ1v) is 13.3. The summed E-state index contributed by atoms with van der Waals surface area (Å²) in [6.07, 6.45) is 10.0. The third-order valence-corrected chi connectivity index (χ3v) is 7.44. The molecule has 0 N–H and O–H groups in total. The van der Waals surface area contributed by atoms with Crippen LogP contribution < -0.4 is 9.47 Å². The number of fused-ring (bicyclic) bond motifs is 3. The molecule has 0 atom stereocenters. The van der Waals surface area contributed by atoms with Crippen LogP contribution >= 0.6 is 0 Å². The third kappa shape index (κ3) is 5.47. The summed E-state index contributed by atoms with van der Waals surface area (Å²) in [4.78, 5) is 18.1. The van der Waals surface area contributed by atoms with Crippen LogP contribution in [0.3, 0.4) is 0 Å². The van der Waals surface area contributed by atoms with Gasteiger partial charge in [-0.25, -0.2) is 0 Å². The number of benzene rings is 2. The summed E-state index contributed by atoms with van der Waals surface area (Å²) in [6, 6.07) is 11.7. The molecule has 3 aliphatic rings. The van der Waals surface area contributed by atoms with Crippen molar-refractivity contribution in [1.29, 1.82) is 0 Å². The largest absolute Gasteiger partial charge is 0.494 e. The van der Waals surface area contributed by atoms with Crippen LogP contribution in [0.25, 0.3) is 11.1 Å². The minimum absolute atomic E-state index is 0.0837. The van der Waals surface area contributed by atoms with E-state index in [1.807, 2.05) is 36.4 Å². The van der Waals surface area contributed by atoms with E-state index >= 15 is 0 Å². The molecule has 0 aromatic heterocycles. The van der Waals surface area contributed by atoms with Gasteiger partial charge in [0.2, 0.25) is 0 Å². The Morgan fingerprint density at radius 3 is 2.00 bits per heavy atom. The van der Waals surface area contributed by atoms with Gasteiger partial charge < -0.3 is 19.3 Å². The van der Waals surface area contributed by atoms with Gasteiger partial charge in [-0.3, -0.25) is 4.79 Å². The minimum atomic E-state index is 0.0837. The van der Waals surface area contributed by atoms with Crippen LogP contribution in [0.5, 0.6) is 11.5 Å². The van der Waals surface area contributed by atoms with Gasteiger partial charge in [-0.15, -0.1) is 0 Å². The second-order valence-corrected chi connectivity index (χ2v) is 9.92. The average Bonchev–Trinajstić information content (AvgIpc) is 3.18. The second-order valence-electron chi connectivity index (χ2n) is 9.92. The normalized spacial score (nSPS) is 18.5. The zero-order chi connectivity index (χ0) is 23.2. The van der Waals surface area contributed by atoms with E-state index in [1.165, 1.54) is 64.7 Å². The number of rotatable bonds is 10. The van der Waals surface area contributed by atoms with Gasteiger partial charge in [0.15, 0.2) is 5.78 Å². The maximum Gasteiger partial charge on any atom is 0.194 e. The average molecular weight is 463 g/mol. The lowest BCUT2D eigenvalue weighted by Crippen LogP contribution is -2.31. The predicted octanol–water partition coefficient (Wildman–Crippen LogP) is 5.41. The summed E-state index contributed by atoms with van der Waals surface area (Å²) in [5.74, 6) is 1.73. The first kappa shape index (κ1) is 23.4. The number of likely N-dealkylation sites (tertiary alicyclic amines) is 2. The fraction of sp³-hybridized carbons (Fsp3) is 0.552. The lowest BCUT2D eigenvalue weighted by atomic mass is 10.0. The Labute approximate surface area is 204 Å². The van der Waals surface area contributed by atoms with E-state index in [2.05, 4.69) is 9.80 Å². The highest BCUT2D eigenvalue weighted by atomic mass is 16.5. The van der Waals surface area contributed by atoms with Crippen LogP contribution in [-0.2, 0) is 0 Å². The Morgan fingerprint density at radius 1 is 0.676 bits per heavy atom. The number of carbonyl (C=O) groups excluding carboxylic acids is 1. The molecule has 0 spiro atoms. The molecule has 2 fully saturated rings. The number of nitrogens with zero attached hydrogens (tertiary/aromatic N) is 2. The van der Waals surface area contributed by atoms with Crippen LogP contribution in [0.15, 0.2) is 36.4 Å². The molecule has 34 heavy (non-hydrogen) atoms. The van der Waals surface area contributed by atoms with Crippen LogP contribution in [0.1, 0.15) is 67.3 Å². The lowest BCUT2D eigenvalue weighted by Gasteiger charge is -2.26. The van der Waals surface area contributed by atoms with Crippen molar-refractivity contribution < 1.29 is 14.3 Å². The monoisotopic (exact) mass is 462 g/mol. The molecule has 5 nitrogen and oxygen atoms in total. The SMILES string of the molecule is O=C1c2ccc(OCCCN3CCCCC3)cc2-c2c(OCCCN3CCCCC3)cccc21. The van der Waals surface area contributed by atoms with Crippen LogP contribution in [0.2, 0.25) is 0 Å². The molecular weight excluding hydrogens is 424 g/mol. The van der Waals surface area contributed by atoms with Crippen LogP contribution in [-0.4, -0.2) is 68.1 Å². The molecule has 1 aliphatic carbocycles. The first-order valence-electron chi connectivity index (χ1n) is 13.3. The highest BCUT2D eigenvalue weighted by molar-refractivity contribution is 6.22. The minimum Gasteiger partial charge on any atom is -0.494 e. The number of ketones is 1. The summed E-state index contributed by atoms with van der Waals surface area (Å²) in [6.45, 7) is 8.42.